The van der Waals surface area contributed by atoms with Gasteiger partial charge in [0.25, 0.3) is 0 Å². The Bertz CT molecular complexity index is 306. The van der Waals surface area contributed by atoms with Crippen LogP contribution in [0.1, 0.15) is 11.6 Å². The Hall–Kier alpha value is -1.51. The van der Waals surface area contributed by atoms with Gasteiger partial charge in [-0.1, -0.05) is 18.2 Å². The molecule has 1 unspecified atom stereocenters. The average Bonchev–Trinajstić information content (AvgIpc) is 2.57. The van der Waals surface area contributed by atoms with Crippen LogP contribution in [0.2, 0.25) is 0 Å². The van der Waals surface area contributed by atoms with Crippen molar-refractivity contribution >= 4 is 12.0 Å². The molecule has 62 valence electrons. The summed E-state index contributed by atoms with van der Waals surface area (Å²) in [6.45, 7) is 0.855. The normalized spacial score (nSPS) is 20.8. The molecule has 1 aromatic rings. The maximum Gasteiger partial charge on any atom is 0.0958 e. The standard InChI is InChI=1S/C9H11N3/c10-8-4-2-1-3-7(8)9-5-11-6-12-9/h1-4,6,9H,5,10H2,(H,11,12). The van der Waals surface area contributed by atoms with Crippen LogP contribution in [0.25, 0.3) is 0 Å². The quantitative estimate of drug-likeness (QED) is 0.602. The molecule has 1 aliphatic rings. The van der Waals surface area contributed by atoms with Crippen LogP contribution in [0, 0.1) is 0 Å². The van der Waals surface area contributed by atoms with Crippen LogP contribution < -0.4 is 11.1 Å². The fourth-order valence-electron chi connectivity index (χ4n) is 1.36. The number of nitrogens with two attached hydrogens (primary N) is 1. The summed E-state index contributed by atoms with van der Waals surface area (Å²) >= 11 is 0. The van der Waals surface area contributed by atoms with Crippen molar-refractivity contribution in [2.24, 2.45) is 4.99 Å². The van der Waals surface area contributed by atoms with Gasteiger partial charge in [0.05, 0.1) is 12.4 Å². The summed E-state index contributed by atoms with van der Waals surface area (Å²) in [5.41, 5.74) is 7.73. The van der Waals surface area contributed by atoms with E-state index in [0.717, 1.165) is 17.8 Å². The van der Waals surface area contributed by atoms with Gasteiger partial charge in [-0.2, -0.15) is 0 Å². The second-order valence-electron chi connectivity index (χ2n) is 2.83. The van der Waals surface area contributed by atoms with Gasteiger partial charge < -0.3 is 11.1 Å². The highest BCUT2D eigenvalue weighted by Crippen LogP contribution is 2.23. The van der Waals surface area contributed by atoms with E-state index in [0.29, 0.717) is 0 Å². The predicted octanol–water partition coefficient (Wildman–Crippen LogP) is 0.941. The van der Waals surface area contributed by atoms with Gasteiger partial charge in [-0.05, 0) is 6.07 Å². The third-order valence-electron chi connectivity index (χ3n) is 2.01. The van der Waals surface area contributed by atoms with Gasteiger partial charge in [0, 0.05) is 17.8 Å². The van der Waals surface area contributed by atoms with E-state index in [-0.39, 0.29) is 6.04 Å². The number of hydrogen-bond acceptors (Lipinski definition) is 3. The second-order valence-corrected chi connectivity index (χ2v) is 2.83. The zero-order chi connectivity index (χ0) is 8.39. The molecule has 12 heavy (non-hydrogen) atoms. The summed E-state index contributed by atoms with van der Waals surface area (Å²) < 4.78 is 0. The SMILES string of the molecule is Nc1ccccc1C1CNC=N1. The van der Waals surface area contributed by atoms with Gasteiger partial charge in [-0.3, -0.25) is 4.99 Å². The number of para-hydroxylation sites is 1. The molecule has 0 radical (unpaired) electrons. The highest BCUT2D eigenvalue weighted by molar-refractivity contribution is 5.60. The number of hydrogen-bond donors (Lipinski definition) is 2. The minimum atomic E-state index is 0.200. The highest BCUT2D eigenvalue weighted by atomic mass is 15.0. The molecule has 0 fully saturated rings. The van der Waals surface area contributed by atoms with Crippen LogP contribution in [0.15, 0.2) is 29.3 Å². The van der Waals surface area contributed by atoms with Crippen molar-refractivity contribution in [3.63, 3.8) is 0 Å². The largest absolute Gasteiger partial charge is 0.398 e. The maximum absolute atomic E-state index is 5.80. The van der Waals surface area contributed by atoms with Crippen LogP contribution in [0.5, 0.6) is 0 Å². The fraction of sp³-hybridized carbons (Fsp3) is 0.222. The van der Waals surface area contributed by atoms with Crippen LogP contribution in [0.3, 0.4) is 0 Å². The van der Waals surface area contributed by atoms with Gasteiger partial charge in [-0.25, -0.2) is 0 Å². The van der Waals surface area contributed by atoms with E-state index in [1.54, 1.807) is 6.34 Å². The molecule has 0 amide bonds. The number of nitrogens with zero attached hydrogens (tertiary/aromatic N) is 1. The highest BCUT2D eigenvalue weighted by Gasteiger charge is 2.14. The smallest absolute Gasteiger partial charge is 0.0958 e. The molecule has 0 aromatic heterocycles. The Labute approximate surface area is 71.3 Å². The second kappa shape index (κ2) is 2.85. The van der Waals surface area contributed by atoms with Crippen LogP contribution in [-0.4, -0.2) is 12.9 Å². The summed E-state index contributed by atoms with van der Waals surface area (Å²) in [6.07, 6.45) is 1.73. The zero-order valence-electron chi connectivity index (χ0n) is 6.70. The first kappa shape index (κ1) is 7.16. The molecule has 0 spiro atoms. The summed E-state index contributed by atoms with van der Waals surface area (Å²) in [5.74, 6) is 0. The lowest BCUT2D eigenvalue weighted by molar-refractivity contribution is 0.754. The Morgan fingerprint density at radius 3 is 2.92 bits per heavy atom. The molecule has 3 N–H and O–H groups in total. The molecule has 1 aliphatic heterocycles. The van der Waals surface area contributed by atoms with Crippen LogP contribution in [-0.2, 0) is 0 Å². The summed E-state index contributed by atoms with van der Waals surface area (Å²) in [7, 11) is 0. The molecule has 3 heteroatoms. The lowest BCUT2D eigenvalue weighted by atomic mass is 10.1. The fourth-order valence-corrected chi connectivity index (χ4v) is 1.36. The minimum Gasteiger partial charge on any atom is -0.398 e. The summed E-state index contributed by atoms with van der Waals surface area (Å²) in [5, 5.41) is 3.05. The topological polar surface area (TPSA) is 50.4 Å². The van der Waals surface area contributed by atoms with Crippen molar-refractivity contribution in [1.82, 2.24) is 5.32 Å². The first-order chi connectivity index (χ1) is 5.88. The zero-order valence-corrected chi connectivity index (χ0v) is 6.70. The van der Waals surface area contributed by atoms with Crippen molar-refractivity contribution in [1.29, 1.82) is 0 Å². The van der Waals surface area contributed by atoms with Gasteiger partial charge in [-0.15, -0.1) is 0 Å². The van der Waals surface area contributed by atoms with Gasteiger partial charge in [0.15, 0.2) is 0 Å². The molecular weight excluding hydrogens is 150 g/mol. The van der Waals surface area contributed by atoms with Crippen molar-refractivity contribution < 1.29 is 0 Å². The lowest BCUT2D eigenvalue weighted by Gasteiger charge is -2.08. The monoisotopic (exact) mass is 161 g/mol. The van der Waals surface area contributed by atoms with E-state index in [9.17, 15) is 0 Å². The molecule has 2 rings (SSSR count). The summed E-state index contributed by atoms with van der Waals surface area (Å²) in [6, 6.07) is 8.05. The van der Waals surface area contributed by atoms with Gasteiger partial charge in [0.1, 0.15) is 0 Å². The third-order valence-corrected chi connectivity index (χ3v) is 2.01. The molecule has 0 aliphatic carbocycles. The molecule has 0 bridgehead atoms. The number of aliphatic imine (C=N–C) groups is 1. The van der Waals surface area contributed by atoms with Crippen molar-refractivity contribution in [3.8, 4) is 0 Å². The lowest BCUT2D eigenvalue weighted by Crippen LogP contribution is -2.10. The van der Waals surface area contributed by atoms with E-state index < -0.39 is 0 Å². The van der Waals surface area contributed by atoms with E-state index >= 15 is 0 Å². The summed E-state index contributed by atoms with van der Waals surface area (Å²) in [4.78, 5) is 4.25. The van der Waals surface area contributed by atoms with E-state index in [1.165, 1.54) is 0 Å². The van der Waals surface area contributed by atoms with Gasteiger partial charge in [0.2, 0.25) is 0 Å². The maximum atomic E-state index is 5.80. The van der Waals surface area contributed by atoms with Crippen molar-refractivity contribution in [3.05, 3.63) is 29.8 Å². The third kappa shape index (κ3) is 1.13. The van der Waals surface area contributed by atoms with Crippen LogP contribution in [0.4, 0.5) is 5.69 Å². The van der Waals surface area contributed by atoms with Crippen molar-refractivity contribution in [2.75, 3.05) is 12.3 Å². The Kier molecular flexibility index (Phi) is 1.70. The number of rotatable bonds is 1. The predicted molar refractivity (Wildman–Crippen MR) is 50.1 cm³/mol. The molecule has 3 nitrogen and oxygen atoms in total. The Morgan fingerprint density at radius 1 is 1.42 bits per heavy atom. The minimum absolute atomic E-state index is 0.200. The molecule has 0 saturated heterocycles. The Morgan fingerprint density at radius 2 is 2.25 bits per heavy atom. The van der Waals surface area contributed by atoms with E-state index in [2.05, 4.69) is 10.3 Å². The average molecular weight is 161 g/mol. The van der Waals surface area contributed by atoms with Crippen molar-refractivity contribution in [2.45, 2.75) is 6.04 Å². The van der Waals surface area contributed by atoms with E-state index in [1.807, 2.05) is 24.3 Å². The number of anilines is 1. The van der Waals surface area contributed by atoms with E-state index in [4.69, 9.17) is 5.73 Å². The van der Waals surface area contributed by atoms with Crippen LogP contribution >= 0.6 is 0 Å². The molecule has 0 saturated carbocycles. The molecule has 1 aromatic carbocycles. The molecule has 1 heterocycles. The molecule has 1 atom stereocenters. The number of nitrogen functional groups attached to an aromatic ring is 1. The number of nitrogens with one attached hydrogen (secondary N) is 1. The van der Waals surface area contributed by atoms with Gasteiger partial charge >= 0.3 is 0 Å². The number of benzene rings is 1. The Balaban J connectivity index is 2.33. The first-order valence-electron chi connectivity index (χ1n) is 3.97. The first-order valence-corrected chi connectivity index (χ1v) is 3.97. The molecular formula is C9H11N3.